The molecule has 5 heteroatoms. The number of hydrogen-bond donors (Lipinski definition) is 0. The fraction of sp³-hybridized carbons (Fsp3) is 0.220. The topological polar surface area (TPSA) is 46.6 Å². The third-order valence-electron chi connectivity index (χ3n) is 9.60. The second-order valence-corrected chi connectivity index (χ2v) is 17.4. The second-order valence-electron chi connectivity index (χ2n) is 12.7. The lowest BCUT2D eigenvalue weighted by molar-refractivity contribution is -0.146. The van der Waals surface area contributed by atoms with E-state index in [0.29, 0.717) is 12.8 Å². The summed E-state index contributed by atoms with van der Waals surface area (Å²) in [5.41, 5.74) is 3.22. The molecule has 0 N–H and O–H groups in total. The summed E-state index contributed by atoms with van der Waals surface area (Å²) >= 11 is 0. The minimum absolute atomic E-state index is 0.00983. The van der Waals surface area contributed by atoms with Crippen LogP contribution in [-0.2, 0) is 19.9 Å². The van der Waals surface area contributed by atoms with Gasteiger partial charge in [0.1, 0.15) is 5.60 Å². The maximum absolute atomic E-state index is 14.3. The van der Waals surface area contributed by atoms with E-state index in [-0.39, 0.29) is 36.4 Å². The van der Waals surface area contributed by atoms with Crippen LogP contribution in [0, 0.1) is 0 Å². The van der Waals surface area contributed by atoms with E-state index in [1.807, 2.05) is 78.9 Å². The lowest BCUT2D eigenvalue weighted by Crippen LogP contribution is -2.50. The fourth-order valence-electron chi connectivity index (χ4n) is 7.05. The van der Waals surface area contributed by atoms with E-state index in [0.717, 1.165) is 22.3 Å². The molecule has 0 saturated carbocycles. The molecule has 0 unspecified atom stereocenters. The third-order valence-corrected chi connectivity index (χ3v) is 13.7. The standard InChI is InChI=1S/C41H41NO3Si/c1-46(2,37-26-16-7-17-27-37)38(32-18-8-3-9-19-32)30-40(44)42-36(28-29-39(42)43)31-45-41(33-20-10-4-11-21-33,34-22-12-5-13-23-34)35-24-14-6-15-25-35/h3-27,36,38H,28-31H2,1-2H3/t36-,38+/m0/s1. The molecule has 2 amide bonds. The van der Waals surface area contributed by atoms with Gasteiger partial charge in [0, 0.05) is 12.8 Å². The van der Waals surface area contributed by atoms with Crippen molar-refractivity contribution in [3.63, 3.8) is 0 Å². The van der Waals surface area contributed by atoms with Gasteiger partial charge >= 0.3 is 0 Å². The number of carbonyl (C=O) groups is 2. The van der Waals surface area contributed by atoms with E-state index in [1.54, 1.807) is 0 Å². The number of imide groups is 1. The van der Waals surface area contributed by atoms with Gasteiger partial charge in [-0.05, 0) is 34.2 Å². The van der Waals surface area contributed by atoms with Crippen LogP contribution in [-0.4, -0.2) is 37.4 Å². The summed E-state index contributed by atoms with van der Waals surface area (Å²) in [5.74, 6) is -0.236. The number of ether oxygens (including phenoxy) is 1. The molecule has 0 spiro atoms. The van der Waals surface area contributed by atoms with Crippen LogP contribution in [0.4, 0.5) is 0 Å². The molecule has 0 aromatic heterocycles. The Bertz CT molecular complexity index is 1630. The summed E-state index contributed by atoms with van der Waals surface area (Å²) in [5, 5.41) is 1.29. The first-order valence-corrected chi connectivity index (χ1v) is 19.2. The van der Waals surface area contributed by atoms with E-state index in [9.17, 15) is 9.59 Å². The van der Waals surface area contributed by atoms with E-state index >= 15 is 0 Å². The highest BCUT2D eigenvalue weighted by molar-refractivity contribution is 6.91. The predicted octanol–water partition coefficient (Wildman–Crippen LogP) is 7.84. The molecule has 0 aliphatic carbocycles. The van der Waals surface area contributed by atoms with Crippen LogP contribution < -0.4 is 5.19 Å². The Morgan fingerprint density at radius 1 is 0.717 bits per heavy atom. The third kappa shape index (κ3) is 6.26. The van der Waals surface area contributed by atoms with Crippen molar-refractivity contribution in [2.24, 2.45) is 0 Å². The molecule has 1 aliphatic rings. The molecule has 0 radical (unpaired) electrons. The molecule has 1 aliphatic heterocycles. The number of amides is 2. The Hall–Kier alpha value is -4.58. The maximum Gasteiger partial charge on any atom is 0.229 e. The first-order chi connectivity index (χ1) is 22.4. The molecule has 4 nitrogen and oxygen atoms in total. The molecule has 46 heavy (non-hydrogen) atoms. The van der Waals surface area contributed by atoms with Gasteiger partial charge in [-0.2, -0.15) is 0 Å². The SMILES string of the molecule is C[Si](C)(c1ccccc1)[C@H](CC(=O)N1C(=O)CC[C@H]1COC(c1ccccc1)(c1ccccc1)c1ccccc1)c1ccccc1. The van der Waals surface area contributed by atoms with Crippen molar-refractivity contribution < 1.29 is 14.3 Å². The highest BCUT2D eigenvalue weighted by atomic mass is 28.3. The summed E-state index contributed by atoms with van der Waals surface area (Å²) in [6.45, 7) is 4.88. The number of hydrogen-bond acceptors (Lipinski definition) is 3. The fourth-order valence-corrected chi connectivity index (χ4v) is 10.2. The van der Waals surface area contributed by atoms with Gasteiger partial charge in [0.2, 0.25) is 11.8 Å². The van der Waals surface area contributed by atoms with Crippen molar-refractivity contribution in [3.05, 3.63) is 174 Å². The maximum atomic E-state index is 14.3. The highest BCUT2D eigenvalue weighted by Crippen LogP contribution is 2.41. The smallest absolute Gasteiger partial charge is 0.229 e. The first-order valence-electron chi connectivity index (χ1n) is 16.2. The molecule has 1 saturated heterocycles. The molecule has 2 atom stereocenters. The van der Waals surface area contributed by atoms with E-state index in [1.165, 1.54) is 10.1 Å². The van der Waals surface area contributed by atoms with Crippen LogP contribution in [0.3, 0.4) is 0 Å². The molecule has 0 bridgehead atoms. The lowest BCUT2D eigenvalue weighted by atomic mass is 9.80. The number of benzene rings is 5. The zero-order valence-electron chi connectivity index (χ0n) is 26.6. The highest BCUT2D eigenvalue weighted by Gasteiger charge is 2.44. The van der Waals surface area contributed by atoms with E-state index in [4.69, 9.17) is 4.74 Å². The van der Waals surface area contributed by atoms with Crippen LogP contribution >= 0.6 is 0 Å². The van der Waals surface area contributed by atoms with Gasteiger partial charge in [-0.25, -0.2) is 0 Å². The van der Waals surface area contributed by atoms with Crippen LogP contribution in [0.1, 0.15) is 47.1 Å². The Kier molecular flexibility index (Phi) is 9.43. The number of likely N-dealkylation sites (tertiary alicyclic amines) is 1. The van der Waals surface area contributed by atoms with Crippen LogP contribution in [0.25, 0.3) is 0 Å². The van der Waals surface area contributed by atoms with Gasteiger partial charge in [0.05, 0.1) is 20.7 Å². The number of carbonyl (C=O) groups excluding carboxylic acids is 2. The summed E-state index contributed by atoms with van der Waals surface area (Å²) in [6, 6.07) is 51.2. The Morgan fingerprint density at radius 3 is 1.63 bits per heavy atom. The Labute approximate surface area is 273 Å². The average molecular weight is 624 g/mol. The minimum Gasteiger partial charge on any atom is -0.359 e. The molecular formula is C41H41NO3Si. The molecule has 6 rings (SSSR count). The second kappa shape index (κ2) is 13.8. The lowest BCUT2D eigenvalue weighted by Gasteiger charge is -2.38. The average Bonchev–Trinajstić information content (AvgIpc) is 3.49. The van der Waals surface area contributed by atoms with Crippen molar-refractivity contribution >= 4 is 25.1 Å². The van der Waals surface area contributed by atoms with E-state index in [2.05, 4.69) is 85.9 Å². The molecule has 5 aromatic carbocycles. The molecule has 5 aromatic rings. The van der Waals surface area contributed by atoms with Crippen LogP contribution in [0.2, 0.25) is 13.1 Å². The largest absolute Gasteiger partial charge is 0.359 e. The molecular weight excluding hydrogens is 583 g/mol. The van der Waals surface area contributed by atoms with Crippen LogP contribution in [0.5, 0.6) is 0 Å². The van der Waals surface area contributed by atoms with Gasteiger partial charge in [0.15, 0.2) is 0 Å². The Morgan fingerprint density at radius 2 is 1.15 bits per heavy atom. The normalized spacial score (nSPS) is 15.9. The zero-order valence-corrected chi connectivity index (χ0v) is 27.6. The Balaban J connectivity index is 1.33. The molecule has 1 heterocycles. The van der Waals surface area contributed by atoms with Crippen molar-refractivity contribution in [3.8, 4) is 0 Å². The van der Waals surface area contributed by atoms with Gasteiger partial charge in [0.25, 0.3) is 0 Å². The monoisotopic (exact) mass is 623 g/mol. The van der Waals surface area contributed by atoms with Gasteiger partial charge in [-0.3, -0.25) is 14.5 Å². The minimum atomic E-state index is -2.18. The van der Waals surface area contributed by atoms with Gasteiger partial charge < -0.3 is 4.74 Å². The quantitative estimate of drug-likeness (QED) is 0.111. The predicted molar refractivity (Wildman–Crippen MR) is 187 cm³/mol. The first kappa shape index (κ1) is 31.4. The number of rotatable bonds is 11. The van der Waals surface area contributed by atoms with Crippen molar-refractivity contribution in [1.82, 2.24) is 4.90 Å². The zero-order chi connectivity index (χ0) is 32.0. The van der Waals surface area contributed by atoms with Crippen molar-refractivity contribution in [2.75, 3.05) is 6.61 Å². The summed E-state index contributed by atoms with van der Waals surface area (Å²) in [4.78, 5) is 29.3. The van der Waals surface area contributed by atoms with Gasteiger partial charge in [-0.1, -0.05) is 170 Å². The van der Waals surface area contributed by atoms with E-state index < -0.39 is 13.7 Å². The van der Waals surface area contributed by atoms with Crippen molar-refractivity contribution in [2.45, 2.75) is 49.5 Å². The van der Waals surface area contributed by atoms with Crippen LogP contribution in [0.15, 0.2) is 152 Å². The summed E-state index contributed by atoms with van der Waals surface area (Å²) in [7, 11) is -2.18. The summed E-state index contributed by atoms with van der Waals surface area (Å²) in [6.07, 6.45) is 1.19. The summed E-state index contributed by atoms with van der Waals surface area (Å²) < 4.78 is 7.09. The van der Waals surface area contributed by atoms with Crippen molar-refractivity contribution in [1.29, 1.82) is 0 Å². The van der Waals surface area contributed by atoms with Gasteiger partial charge in [-0.15, -0.1) is 0 Å². The number of nitrogens with zero attached hydrogens (tertiary/aromatic N) is 1. The molecule has 232 valence electrons. The molecule has 1 fully saturated rings.